The molecule has 13 heavy (non-hydrogen) atoms. The molecule has 6 heteroatoms. The summed E-state index contributed by atoms with van der Waals surface area (Å²) in [6.45, 7) is 4.80. The normalized spacial score (nSPS) is 11.2. The highest BCUT2D eigenvalue weighted by Gasteiger charge is 2.05. The van der Waals surface area contributed by atoms with Gasteiger partial charge in [0.1, 0.15) is 0 Å². The van der Waals surface area contributed by atoms with E-state index in [1.54, 1.807) is 6.92 Å². The van der Waals surface area contributed by atoms with Gasteiger partial charge in [0.25, 0.3) is 0 Å². The number of Topliss-reactive ketones (excluding diaryl/α,β-unsaturated/α-hetero) is 1. The second kappa shape index (κ2) is 5.11. The summed E-state index contributed by atoms with van der Waals surface area (Å²) in [4.78, 5) is 10.9. The zero-order chi connectivity index (χ0) is 10.5. The molecule has 0 atom stereocenters. The van der Waals surface area contributed by atoms with Gasteiger partial charge in [-0.1, -0.05) is 6.58 Å². The van der Waals surface area contributed by atoms with Crippen LogP contribution >= 0.6 is 0 Å². The summed E-state index contributed by atoms with van der Waals surface area (Å²) in [5.74, 6) is -0.140. The molecule has 0 aromatic carbocycles. The topological polar surface area (TPSA) is 80.7 Å². The highest BCUT2D eigenvalue weighted by atomic mass is 32.3. The molecule has 1 N–H and O–H groups in total. The van der Waals surface area contributed by atoms with Gasteiger partial charge in [-0.3, -0.25) is 9.35 Å². The van der Waals surface area contributed by atoms with Crippen LogP contribution in [0.1, 0.15) is 19.8 Å². The van der Waals surface area contributed by atoms with Gasteiger partial charge in [-0.25, -0.2) is 4.18 Å². The van der Waals surface area contributed by atoms with Gasteiger partial charge in [-0.15, -0.1) is 0 Å². The summed E-state index contributed by atoms with van der Waals surface area (Å²) in [5, 5.41) is 0. The van der Waals surface area contributed by atoms with Crippen LogP contribution in [-0.2, 0) is 19.4 Å². The minimum atomic E-state index is -4.38. The van der Waals surface area contributed by atoms with Gasteiger partial charge in [0, 0.05) is 6.42 Å². The SMILES string of the molecule is C=C(C)C(=O)CCCOS(=O)(=O)O. The molecule has 0 aromatic rings. The first-order valence-electron chi connectivity index (χ1n) is 3.63. The van der Waals surface area contributed by atoms with Gasteiger partial charge in [-0.05, 0) is 18.9 Å². The van der Waals surface area contributed by atoms with E-state index in [1.807, 2.05) is 0 Å². The van der Waals surface area contributed by atoms with Crippen LogP contribution < -0.4 is 0 Å². The van der Waals surface area contributed by atoms with E-state index in [1.165, 1.54) is 0 Å². The van der Waals surface area contributed by atoms with Crippen LogP contribution in [0.15, 0.2) is 12.2 Å². The largest absolute Gasteiger partial charge is 0.397 e. The van der Waals surface area contributed by atoms with Gasteiger partial charge < -0.3 is 0 Å². The minimum Gasteiger partial charge on any atom is -0.295 e. The lowest BCUT2D eigenvalue weighted by atomic mass is 10.1. The highest BCUT2D eigenvalue weighted by Crippen LogP contribution is 2.00. The lowest BCUT2D eigenvalue weighted by Crippen LogP contribution is -2.07. The Morgan fingerprint density at radius 2 is 2.08 bits per heavy atom. The van der Waals surface area contributed by atoms with Crippen molar-refractivity contribution < 1.29 is 21.9 Å². The number of carbonyl (C=O) groups excluding carboxylic acids is 1. The van der Waals surface area contributed by atoms with E-state index in [-0.39, 0.29) is 25.2 Å². The van der Waals surface area contributed by atoms with Gasteiger partial charge in [0.05, 0.1) is 6.61 Å². The van der Waals surface area contributed by atoms with Crippen molar-refractivity contribution >= 4 is 16.2 Å². The molecule has 0 saturated carbocycles. The van der Waals surface area contributed by atoms with E-state index in [0.29, 0.717) is 5.57 Å². The van der Waals surface area contributed by atoms with Gasteiger partial charge in [-0.2, -0.15) is 8.42 Å². The standard InChI is InChI=1S/C7H12O5S/c1-6(2)7(8)4-3-5-12-13(9,10)11/h1,3-5H2,2H3,(H,9,10,11). The second-order valence-corrected chi connectivity index (χ2v) is 3.65. The van der Waals surface area contributed by atoms with Crippen molar-refractivity contribution in [3.8, 4) is 0 Å². The summed E-state index contributed by atoms with van der Waals surface area (Å²) < 4.78 is 32.2. The Morgan fingerprint density at radius 1 is 1.54 bits per heavy atom. The zero-order valence-electron chi connectivity index (χ0n) is 7.32. The Kier molecular flexibility index (Phi) is 4.82. The molecule has 0 fully saturated rings. The average Bonchev–Trinajstić information content (AvgIpc) is 1.95. The maximum Gasteiger partial charge on any atom is 0.397 e. The lowest BCUT2D eigenvalue weighted by molar-refractivity contribution is -0.115. The fraction of sp³-hybridized carbons (Fsp3) is 0.571. The van der Waals surface area contributed by atoms with Crippen LogP contribution in [0.2, 0.25) is 0 Å². The van der Waals surface area contributed by atoms with E-state index < -0.39 is 10.4 Å². The molecule has 0 amide bonds. The fourth-order valence-corrected chi connectivity index (χ4v) is 0.939. The number of ketones is 1. The van der Waals surface area contributed by atoms with Gasteiger partial charge in [0.15, 0.2) is 5.78 Å². The second-order valence-electron chi connectivity index (χ2n) is 2.56. The summed E-state index contributed by atoms with van der Waals surface area (Å²) in [5.41, 5.74) is 0.423. The third-order valence-electron chi connectivity index (χ3n) is 1.26. The molecule has 0 unspecified atom stereocenters. The van der Waals surface area contributed by atoms with Crippen molar-refractivity contribution in [2.45, 2.75) is 19.8 Å². The molecular weight excluding hydrogens is 196 g/mol. The van der Waals surface area contributed by atoms with Crippen LogP contribution in [0.5, 0.6) is 0 Å². The molecule has 0 bridgehead atoms. The van der Waals surface area contributed by atoms with Crippen LogP contribution in [0.25, 0.3) is 0 Å². The smallest absolute Gasteiger partial charge is 0.295 e. The summed E-state index contributed by atoms with van der Waals surface area (Å²) in [7, 11) is -4.38. The first kappa shape index (κ1) is 12.3. The van der Waals surface area contributed by atoms with Gasteiger partial charge >= 0.3 is 10.4 Å². The highest BCUT2D eigenvalue weighted by molar-refractivity contribution is 7.80. The minimum absolute atomic E-state index is 0.140. The number of rotatable bonds is 6. The van der Waals surface area contributed by atoms with Crippen molar-refractivity contribution in [3.05, 3.63) is 12.2 Å². The molecule has 0 aliphatic heterocycles. The third kappa shape index (κ3) is 7.63. The van der Waals surface area contributed by atoms with Crippen LogP contribution in [0.3, 0.4) is 0 Å². The molecule has 0 aromatic heterocycles. The summed E-state index contributed by atoms with van der Waals surface area (Å²) in [6.07, 6.45) is 0.413. The van der Waals surface area contributed by atoms with E-state index in [9.17, 15) is 13.2 Å². The number of hydrogen-bond donors (Lipinski definition) is 1. The van der Waals surface area contributed by atoms with E-state index in [2.05, 4.69) is 10.8 Å². The molecule has 0 aliphatic rings. The molecule has 0 saturated heterocycles. The number of hydrogen-bond acceptors (Lipinski definition) is 4. The van der Waals surface area contributed by atoms with Gasteiger partial charge in [0.2, 0.25) is 0 Å². The Morgan fingerprint density at radius 3 is 2.46 bits per heavy atom. The monoisotopic (exact) mass is 208 g/mol. The Balaban J connectivity index is 3.59. The van der Waals surface area contributed by atoms with Crippen molar-refractivity contribution in [2.75, 3.05) is 6.61 Å². The Bertz CT molecular complexity index is 290. The molecular formula is C7H12O5S. The molecule has 5 nitrogen and oxygen atoms in total. The molecule has 0 heterocycles. The zero-order valence-corrected chi connectivity index (χ0v) is 8.13. The van der Waals surface area contributed by atoms with Crippen LogP contribution in [-0.4, -0.2) is 25.4 Å². The maximum atomic E-state index is 10.9. The predicted octanol–water partition coefficient (Wildman–Crippen LogP) is 0.731. The van der Waals surface area contributed by atoms with Crippen LogP contribution in [0, 0.1) is 0 Å². The van der Waals surface area contributed by atoms with Crippen molar-refractivity contribution in [3.63, 3.8) is 0 Å². The molecule has 0 spiro atoms. The first-order valence-corrected chi connectivity index (χ1v) is 5.00. The summed E-state index contributed by atoms with van der Waals surface area (Å²) >= 11 is 0. The quantitative estimate of drug-likeness (QED) is 0.395. The maximum absolute atomic E-state index is 10.9. The van der Waals surface area contributed by atoms with Crippen molar-refractivity contribution in [1.29, 1.82) is 0 Å². The summed E-state index contributed by atoms with van der Waals surface area (Å²) in [6, 6.07) is 0. The Hall–Kier alpha value is -0.720. The Labute approximate surface area is 77.4 Å². The van der Waals surface area contributed by atoms with E-state index in [4.69, 9.17) is 4.55 Å². The van der Waals surface area contributed by atoms with Crippen molar-refractivity contribution in [2.24, 2.45) is 0 Å². The molecule has 0 aliphatic carbocycles. The van der Waals surface area contributed by atoms with E-state index in [0.717, 1.165) is 0 Å². The van der Waals surface area contributed by atoms with Crippen LogP contribution in [0.4, 0.5) is 0 Å². The number of allylic oxidation sites excluding steroid dienone is 1. The molecule has 0 rings (SSSR count). The lowest BCUT2D eigenvalue weighted by Gasteiger charge is -1.99. The van der Waals surface area contributed by atoms with E-state index >= 15 is 0 Å². The first-order chi connectivity index (χ1) is 5.83. The molecule has 76 valence electrons. The fourth-order valence-electron chi connectivity index (χ4n) is 0.610. The predicted molar refractivity (Wildman–Crippen MR) is 46.6 cm³/mol. The molecule has 0 radical (unpaired) electrons. The number of carbonyl (C=O) groups is 1. The van der Waals surface area contributed by atoms with Crippen molar-refractivity contribution in [1.82, 2.24) is 0 Å². The third-order valence-corrected chi connectivity index (χ3v) is 1.72. The average molecular weight is 208 g/mol.